The number of hydrogen-bond donors (Lipinski definition) is 3. The molecule has 0 bridgehead atoms. The first-order chi connectivity index (χ1) is 7.49. The van der Waals surface area contributed by atoms with Crippen molar-refractivity contribution in [2.75, 3.05) is 5.73 Å². The molecule has 7 heteroatoms. The Morgan fingerprint density at radius 2 is 2.12 bits per heavy atom. The second-order valence-corrected chi connectivity index (χ2v) is 3.39. The van der Waals surface area contributed by atoms with E-state index in [4.69, 9.17) is 11.5 Å². The number of nitrogens with one attached hydrogen (secondary N) is 1. The van der Waals surface area contributed by atoms with E-state index in [9.17, 15) is 9.59 Å². The molecule has 0 saturated carbocycles. The maximum atomic E-state index is 11.5. The zero-order chi connectivity index (χ0) is 12.1. The largest absolute Gasteiger partial charge is 0.382 e. The molecule has 1 aromatic heterocycles. The summed E-state index contributed by atoms with van der Waals surface area (Å²) < 4.78 is 0. The van der Waals surface area contributed by atoms with Crippen LogP contribution in [-0.4, -0.2) is 28.1 Å². The predicted octanol–water partition coefficient (Wildman–Crippen LogP) is -0.947. The van der Waals surface area contributed by atoms with Crippen molar-refractivity contribution in [3.63, 3.8) is 0 Å². The minimum atomic E-state index is -0.476. The number of primary amides is 1. The average molecular weight is 223 g/mol. The highest BCUT2D eigenvalue weighted by molar-refractivity contribution is 5.92. The van der Waals surface area contributed by atoms with Gasteiger partial charge in [0.2, 0.25) is 5.91 Å². The SMILES string of the molecule is CC(CC(N)=O)NC(=O)c1ccc(N)nn1. The van der Waals surface area contributed by atoms with Gasteiger partial charge < -0.3 is 16.8 Å². The summed E-state index contributed by atoms with van der Waals surface area (Å²) in [5.74, 6) is -0.654. The van der Waals surface area contributed by atoms with Gasteiger partial charge in [0, 0.05) is 12.5 Å². The lowest BCUT2D eigenvalue weighted by atomic mass is 10.2. The zero-order valence-electron chi connectivity index (χ0n) is 8.80. The Labute approximate surface area is 92.2 Å². The summed E-state index contributed by atoms with van der Waals surface area (Å²) >= 11 is 0. The Hall–Kier alpha value is -2.18. The number of hydrogen-bond acceptors (Lipinski definition) is 5. The highest BCUT2D eigenvalue weighted by Crippen LogP contribution is 1.98. The average Bonchev–Trinajstić information content (AvgIpc) is 2.16. The summed E-state index contributed by atoms with van der Waals surface area (Å²) in [6.45, 7) is 1.67. The topological polar surface area (TPSA) is 124 Å². The molecule has 1 aromatic rings. The molecule has 0 aliphatic heterocycles. The van der Waals surface area contributed by atoms with Gasteiger partial charge in [-0.1, -0.05) is 0 Å². The highest BCUT2D eigenvalue weighted by atomic mass is 16.2. The van der Waals surface area contributed by atoms with Crippen LogP contribution in [-0.2, 0) is 4.79 Å². The van der Waals surface area contributed by atoms with Crippen LogP contribution in [0.2, 0.25) is 0 Å². The fourth-order valence-electron chi connectivity index (χ4n) is 1.11. The van der Waals surface area contributed by atoms with Gasteiger partial charge in [-0.05, 0) is 19.1 Å². The Morgan fingerprint density at radius 3 is 2.62 bits per heavy atom. The van der Waals surface area contributed by atoms with Crippen LogP contribution in [0.3, 0.4) is 0 Å². The second kappa shape index (κ2) is 5.06. The van der Waals surface area contributed by atoms with Crippen molar-refractivity contribution in [1.82, 2.24) is 15.5 Å². The van der Waals surface area contributed by atoms with Gasteiger partial charge in [0.25, 0.3) is 5.91 Å². The normalized spacial score (nSPS) is 11.8. The smallest absolute Gasteiger partial charge is 0.272 e. The monoisotopic (exact) mass is 223 g/mol. The summed E-state index contributed by atoms with van der Waals surface area (Å²) in [5, 5.41) is 9.71. The standard InChI is InChI=1S/C9H13N5O2/c1-5(4-8(11)15)12-9(16)6-2-3-7(10)14-13-6/h2-3,5H,4H2,1H3,(H2,10,14)(H2,11,15)(H,12,16). The molecule has 0 aliphatic rings. The third-order valence-corrected chi connectivity index (χ3v) is 1.80. The van der Waals surface area contributed by atoms with Crippen LogP contribution in [0.1, 0.15) is 23.8 Å². The molecule has 1 rings (SSSR count). The molecule has 86 valence electrons. The van der Waals surface area contributed by atoms with Crippen molar-refractivity contribution in [2.45, 2.75) is 19.4 Å². The van der Waals surface area contributed by atoms with E-state index in [0.29, 0.717) is 0 Å². The van der Waals surface area contributed by atoms with Crippen LogP contribution >= 0.6 is 0 Å². The van der Waals surface area contributed by atoms with Crippen LogP contribution in [0.4, 0.5) is 5.82 Å². The van der Waals surface area contributed by atoms with Gasteiger partial charge in [0.05, 0.1) is 0 Å². The minimum Gasteiger partial charge on any atom is -0.382 e. The van der Waals surface area contributed by atoms with Gasteiger partial charge >= 0.3 is 0 Å². The molecular formula is C9H13N5O2. The second-order valence-electron chi connectivity index (χ2n) is 3.39. The molecule has 0 spiro atoms. The fraction of sp³-hybridized carbons (Fsp3) is 0.333. The van der Waals surface area contributed by atoms with Gasteiger partial charge in [-0.3, -0.25) is 9.59 Å². The van der Waals surface area contributed by atoms with E-state index in [1.165, 1.54) is 12.1 Å². The van der Waals surface area contributed by atoms with Gasteiger partial charge in [0.15, 0.2) is 5.69 Å². The number of nitrogen functional groups attached to an aromatic ring is 1. The molecule has 2 amide bonds. The maximum absolute atomic E-state index is 11.5. The van der Waals surface area contributed by atoms with E-state index < -0.39 is 11.8 Å². The zero-order valence-corrected chi connectivity index (χ0v) is 8.80. The molecule has 0 fully saturated rings. The first-order valence-corrected chi connectivity index (χ1v) is 4.67. The summed E-state index contributed by atoms with van der Waals surface area (Å²) in [6, 6.07) is 2.58. The van der Waals surface area contributed by atoms with E-state index >= 15 is 0 Å². The van der Waals surface area contributed by atoms with E-state index in [1.54, 1.807) is 6.92 Å². The number of anilines is 1. The fourth-order valence-corrected chi connectivity index (χ4v) is 1.11. The van der Waals surface area contributed by atoms with Gasteiger partial charge in [-0.2, -0.15) is 0 Å². The number of aromatic nitrogens is 2. The summed E-state index contributed by atoms with van der Waals surface area (Å²) in [5.41, 5.74) is 10.5. The Morgan fingerprint density at radius 1 is 1.44 bits per heavy atom. The third kappa shape index (κ3) is 3.52. The Balaban J connectivity index is 2.58. The van der Waals surface area contributed by atoms with Crippen LogP contribution in [0.5, 0.6) is 0 Å². The molecule has 0 radical (unpaired) electrons. The number of nitrogens with zero attached hydrogens (tertiary/aromatic N) is 2. The van der Waals surface area contributed by atoms with Crippen LogP contribution in [0.25, 0.3) is 0 Å². The Bertz CT molecular complexity index is 389. The lowest BCUT2D eigenvalue weighted by Gasteiger charge is -2.10. The number of carbonyl (C=O) groups excluding carboxylic acids is 2. The van der Waals surface area contributed by atoms with Crippen molar-refractivity contribution in [3.05, 3.63) is 17.8 Å². The lowest BCUT2D eigenvalue weighted by Crippen LogP contribution is -2.36. The number of rotatable bonds is 4. The third-order valence-electron chi connectivity index (χ3n) is 1.80. The molecular weight excluding hydrogens is 210 g/mol. The first kappa shape index (κ1) is 11.9. The number of nitrogens with two attached hydrogens (primary N) is 2. The van der Waals surface area contributed by atoms with E-state index in [1.807, 2.05) is 0 Å². The van der Waals surface area contributed by atoms with E-state index in [0.717, 1.165) is 0 Å². The van der Waals surface area contributed by atoms with Crippen LogP contribution in [0, 0.1) is 0 Å². The van der Waals surface area contributed by atoms with Crippen molar-refractivity contribution >= 4 is 17.6 Å². The molecule has 0 aliphatic carbocycles. The van der Waals surface area contributed by atoms with Crippen molar-refractivity contribution in [2.24, 2.45) is 5.73 Å². The summed E-state index contributed by atoms with van der Waals surface area (Å²) in [7, 11) is 0. The number of carbonyl (C=O) groups is 2. The lowest BCUT2D eigenvalue weighted by molar-refractivity contribution is -0.118. The molecule has 0 saturated heterocycles. The summed E-state index contributed by atoms with van der Waals surface area (Å²) in [4.78, 5) is 22.1. The first-order valence-electron chi connectivity index (χ1n) is 4.67. The van der Waals surface area contributed by atoms with Crippen LogP contribution in [0.15, 0.2) is 12.1 Å². The van der Waals surface area contributed by atoms with Gasteiger partial charge in [-0.25, -0.2) is 0 Å². The van der Waals surface area contributed by atoms with Gasteiger partial charge in [0.1, 0.15) is 5.82 Å². The quantitative estimate of drug-likeness (QED) is 0.607. The molecule has 1 unspecified atom stereocenters. The molecule has 0 aromatic carbocycles. The van der Waals surface area contributed by atoms with Gasteiger partial charge in [-0.15, -0.1) is 10.2 Å². The molecule has 16 heavy (non-hydrogen) atoms. The molecule has 1 heterocycles. The Kier molecular flexibility index (Phi) is 3.76. The predicted molar refractivity (Wildman–Crippen MR) is 57.2 cm³/mol. The highest BCUT2D eigenvalue weighted by Gasteiger charge is 2.12. The van der Waals surface area contributed by atoms with Crippen molar-refractivity contribution in [3.8, 4) is 0 Å². The summed E-state index contributed by atoms with van der Waals surface area (Å²) in [6.07, 6.45) is 0.0775. The molecule has 7 nitrogen and oxygen atoms in total. The van der Waals surface area contributed by atoms with E-state index in [-0.39, 0.29) is 24.0 Å². The minimum absolute atomic E-state index is 0.0775. The van der Waals surface area contributed by atoms with Crippen LogP contribution < -0.4 is 16.8 Å². The number of amides is 2. The molecule has 5 N–H and O–H groups in total. The van der Waals surface area contributed by atoms with Crippen molar-refractivity contribution in [1.29, 1.82) is 0 Å². The van der Waals surface area contributed by atoms with E-state index in [2.05, 4.69) is 15.5 Å². The molecule has 1 atom stereocenters. The maximum Gasteiger partial charge on any atom is 0.272 e. The van der Waals surface area contributed by atoms with Crippen molar-refractivity contribution < 1.29 is 9.59 Å².